The Balaban J connectivity index is 1.71. The van der Waals surface area contributed by atoms with E-state index in [4.69, 9.17) is 32.7 Å². The zero-order valence-electron chi connectivity index (χ0n) is 27.1. The number of nitriles is 1. The van der Waals surface area contributed by atoms with Crippen LogP contribution in [0.15, 0.2) is 42.7 Å². The Morgan fingerprint density at radius 3 is 2.07 bits per heavy atom. The van der Waals surface area contributed by atoms with Gasteiger partial charge < -0.3 is 19.3 Å². The summed E-state index contributed by atoms with van der Waals surface area (Å²) >= 11 is 12.2. The second-order valence-electron chi connectivity index (χ2n) is 12.3. The molecule has 4 rings (SSSR count). The SMILES string of the molecule is CC(C)(COC(=O)OCN(C(=O)c1cc(-c2cnn(-c3c(Cl)cc(C(F)(C(F)(F)F)C(F)(F)F)cc3OC(F)(F)F)c2)ccc1Cl)C1(C#N)CC1)C(=O)O. The van der Waals surface area contributed by atoms with E-state index in [-0.39, 0.29) is 40.6 Å². The van der Waals surface area contributed by atoms with Crippen LogP contribution in [0.3, 0.4) is 0 Å². The first kappa shape index (κ1) is 41.8. The number of carbonyl (C=O) groups is 3. The molecule has 1 heterocycles. The van der Waals surface area contributed by atoms with Gasteiger partial charge in [-0.15, -0.1) is 13.2 Å². The number of amides is 1. The Hall–Kier alpha value is -4.97. The summed E-state index contributed by atoms with van der Waals surface area (Å²) in [7, 11) is 0. The molecule has 1 aliphatic rings. The molecule has 1 aliphatic carbocycles. The molecule has 11 nitrogen and oxygen atoms in total. The van der Waals surface area contributed by atoms with Crippen molar-refractivity contribution in [2.45, 2.75) is 56.6 Å². The lowest BCUT2D eigenvalue weighted by Gasteiger charge is -2.31. The second kappa shape index (κ2) is 14.4. The third kappa shape index (κ3) is 8.38. The molecule has 0 atom stereocenters. The van der Waals surface area contributed by atoms with Crippen LogP contribution in [0.2, 0.25) is 10.0 Å². The fourth-order valence-electron chi connectivity index (χ4n) is 4.69. The molecule has 1 amide bonds. The molecule has 3 aromatic rings. The van der Waals surface area contributed by atoms with Crippen LogP contribution in [-0.2, 0) is 19.9 Å². The Kier molecular flexibility index (Phi) is 11.1. The highest BCUT2D eigenvalue weighted by atomic mass is 35.5. The van der Waals surface area contributed by atoms with E-state index >= 15 is 0 Å². The van der Waals surface area contributed by atoms with Crippen molar-refractivity contribution in [2.75, 3.05) is 13.3 Å². The molecule has 54 heavy (non-hydrogen) atoms. The molecule has 0 unspecified atom stereocenters. The maximum Gasteiger partial charge on any atom is 0.573 e. The molecule has 1 N–H and O–H groups in total. The average molecular weight is 823 g/mol. The molecular formula is C31H22Cl2F10N4O7. The molecule has 0 aliphatic heterocycles. The van der Waals surface area contributed by atoms with Crippen LogP contribution < -0.4 is 4.74 Å². The van der Waals surface area contributed by atoms with Gasteiger partial charge in [0.15, 0.2) is 12.5 Å². The van der Waals surface area contributed by atoms with Gasteiger partial charge in [0.2, 0.25) is 0 Å². The van der Waals surface area contributed by atoms with E-state index in [0.717, 1.165) is 23.4 Å². The first-order valence-electron chi connectivity index (χ1n) is 14.7. The Morgan fingerprint density at radius 2 is 1.56 bits per heavy atom. The largest absolute Gasteiger partial charge is 0.573 e. The second-order valence-corrected chi connectivity index (χ2v) is 13.1. The zero-order chi connectivity index (χ0) is 40.8. The zero-order valence-corrected chi connectivity index (χ0v) is 28.6. The van der Waals surface area contributed by atoms with Gasteiger partial charge in [-0.1, -0.05) is 29.3 Å². The highest BCUT2D eigenvalue weighted by Gasteiger charge is 2.73. The minimum atomic E-state index is -6.70. The number of ether oxygens (including phenoxy) is 3. The van der Waals surface area contributed by atoms with Gasteiger partial charge in [-0.3, -0.25) is 14.5 Å². The van der Waals surface area contributed by atoms with E-state index in [9.17, 15) is 68.7 Å². The molecule has 1 fully saturated rings. The van der Waals surface area contributed by atoms with E-state index in [1.54, 1.807) is 0 Å². The van der Waals surface area contributed by atoms with Crippen molar-refractivity contribution in [1.29, 1.82) is 5.26 Å². The van der Waals surface area contributed by atoms with Crippen molar-refractivity contribution in [3.63, 3.8) is 0 Å². The summed E-state index contributed by atoms with van der Waals surface area (Å²) in [4.78, 5) is 38.1. The number of rotatable bonds is 11. The number of aliphatic carboxylic acids is 1. The quantitative estimate of drug-likeness (QED) is 0.114. The Bertz CT molecular complexity index is 1990. The number of halogens is 12. The van der Waals surface area contributed by atoms with Gasteiger partial charge >= 0.3 is 36.5 Å². The summed E-state index contributed by atoms with van der Waals surface area (Å²) in [6.45, 7) is 1.04. The molecule has 0 radical (unpaired) electrons. The van der Waals surface area contributed by atoms with Crippen LogP contribution in [0.1, 0.15) is 42.6 Å². The van der Waals surface area contributed by atoms with Gasteiger partial charge in [-0.2, -0.15) is 36.7 Å². The minimum Gasteiger partial charge on any atom is -0.481 e. The van der Waals surface area contributed by atoms with Gasteiger partial charge in [0.1, 0.15) is 17.8 Å². The average Bonchev–Trinajstić information content (AvgIpc) is 3.69. The number of hydrogen-bond donors (Lipinski definition) is 1. The normalized spacial score (nSPS) is 14.5. The highest BCUT2D eigenvalue weighted by molar-refractivity contribution is 6.34. The molecule has 0 saturated heterocycles. The van der Waals surface area contributed by atoms with E-state index in [2.05, 4.69) is 9.84 Å². The number of carbonyl (C=O) groups excluding carboxylic acids is 2. The molecule has 292 valence electrons. The van der Waals surface area contributed by atoms with E-state index in [1.165, 1.54) is 26.0 Å². The lowest BCUT2D eigenvalue weighted by Crippen LogP contribution is -2.50. The van der Waals surface area contributed by atoms with Gasteiger partial charge in [0, 0.05) is 17.3 Å². The summed E-state index contributed by atoms with van der Waals surface area (Å²) in [5.74, 6) is -4.07. The molecule has 1 aromatic heterocycles. The fraction of sp³-hybridized carbons (Fsp3) is 0.387. The fourth-order valence-corrected chi connectivity index (χ4v) is 5.19. The number of benzene rings is 2. The summed E-state index contributed by atoms with van der Waals surface area (Å²) in [5, 5.41) is 21.2. The number of alkyl halides is 10. The minimum absolute atomic E-state index is 0.0231. The summed E-state index contributed by atoms with van der Waals surface area (Å²) < 4.78 is 149. The van der Waals surface area contributed by atoms with Crippen LogP contribution in [0.5, 0.6) is 5.75 Å². The number of nitrogens with zero attached hydrogens (tertiary/aromatic N) is 4. The first-order valence-corrected chi connectivity index (χ1v) is 15.5. The van der Waals surface area contributed by atoms with Crippen molar-refractivity contribution >= 4 is 41.2 Å². The molecule has 0 spiro atoms. The summed E-state index contributed by atoms with van der Waals surface area (Å²) in [6, 6.07) is 4.81. The smallest absolute Gasteiger partial charge is 0.481 e. The topological polar surface area (TPSA) is 144 Å². The number of hydrogen-bond acceptors (Lipinski definition) is 8. The van der Waals surface area contributed by atoms with Crippen molar-refractivity contribution in [3.8, 4) is 28.6 Å². The third-order valence-corrected chi connectivity index (χ3v) is 8.53. The lowest BCUT2D eigenvalue weighted by atomic mass is 9.93. The number of carboxylic acids is 1. The van der Waals surface area contributed by atoms with Crippen LogP contribution in [0.4, 0.5) is 48.7 Å². The van der Waals surface area contributed by atoms with Gasteiger partial charge in [-0.25, -0.2) is 13.9 Å². The molecule has 2 aromatic carbocycles. The maximum absolute atomic E-state index is 14.8. The maximum atomic E-state index is 14.8. The van der Waals surface area contributed by atoms with Crippen molar-refractivity contribution in [2.24, 2.45) is 5.41 Å². The van der Waals surface area contributed by atoms with E-state index in [0.29, 0.717) is 4.68 Å². The van der Waals surface area contributed by atoms with Crippen LogP contribution >= 0.6 is 23.2 Å². The molecule has 0 bridgehead atoms. The Morgan fingerprint density at radius 1 is 0.944 bits per heavy atom. The number of aromatic nitrogens is 2. The van der Waals surface area contributed by atoms with Gasteiger partial charge in [0.25, 0.3) is 5.91 Å². The molecule has 1 saturated carbocycles. The predicted molar refractivity (Wildman–Crippen MR) is 163 cm³/mol. The van der Waals surface area contributed by atoms with Crippen molar-refractivity contribution in [3.05, 3.63) is 63.9 Å². The van der Waals surface area contributed by atoms with E-state index < -0.39 is 94.8 Å². The van der Waals surface area contributed by atoms with Crippen molar-refractivity contribution < 1.29 is 77.6 Å². The summed E-state index contributed by atoms with van der Waals surface area (Å²) in [6.07, 6.45) is -18.4. The van der Waals surface area contributed by atoms with Crippen LogP contribution in [-0.4, -0.2) is 75.4 Å². The third-order valence-electron chi connectivity index (χ3n) is 7.91. The molecule has 23 heteroatoms. The first-order chi connectivity index (χ1) is 24.7. The highest BCUT2D eigenvalue weighted by Crippen LogP contribution is 2.55. The number of carboxylic acid groups (broad SMARTS) is 1. The van der Waals surface area contributed by atoms with Crippen LogP contribution in [0.25, 0.3) is 16.8 Å². The summed E-state index contributed by atoms with van der Waals surface area (Å²) in [5.41, 5.74) is -12.9. The predicted octanol–water partition coefficient (Wildman–Crippen LogP) is 8.75. The van der Waals surface area contributed by atoms with Gasteiger partial charge in [0.05, 0.1) is 33.3 Å². The Labute approximate surface area is 306 Å². The van der Waals surface area contributed by atoms with E-state index in [1.807, 2.05) is 6.07 Å². The molecular weight excluding hydrogens is 801 g/mol. The lowest BCUT2D eigenvalue weighted by molar-refractivity contribution is -0.348. The van der Waals surface area contributed by atoms with Crippen molar-refractivity contribution in [1.82, 2.24) is 14.7 Å². The monoisotopic (exact) mass is 822 g/mol. The standard InChI is InChI=1S/C31H22Cl2F10N4O7/c1-26(2,24(49)50)13-52-25(51)53-14-46(27(12-44)5-6-27)23(48)18-7-15(3-4-19(18)32)16-10-45-47(11-16)22-20(33)8-17(9-21(22)54-31(41,42)43)28(34,29(35,36)37)30(38,39)40/h3-4,7-11H,5-6,13-14H2,1-2H3,(H,49,50). The van der Waals surface area contributed by atoms with Gasteiger partial charge in [-0.05, 0) is 56.5 Å². The van der Waals surface area contributed by atoms with Crippen LogP contribution in [0, 0.1) is 16.7 Å².